The van der Waals surface area contributed by atoms with Gasteiger partial charge in [0.15, 0.2) is 0 Å². The Bertz CT molecular complexity index is 985. The number of anilines is 2. The summed E-state index contributed by atoms with van der Waals surface area (Å²) in [5.41, 5.74) is 0.723. The largest absolute Gasteiger partial charge is 0.332 e. The fraction of sp³-hybridized carbons (Fsp3) is 0.294. The van der Waals surface area contributed by atoms with Gasteiger partial charge in [-0.25, -0.2) is 4.79 Å². The van der Waals surface area contributed by atoms with Crippen LogP contribution in [0.2, 0.25) is 0 Å². The number of nitrogens with zero attached hydrogens (tertiary/aromatic N) is 2. The molecule has 1 aliphatic rings. The van der Waals surface area contributed by atoms with Crippen molar-refractivity contribution in [1.29, 1.82) is 0 Å². The number of aryl methyl sites for hydroxylation is 1. The third kappa shape index (κ3) is 2.86. The number of rotatable bonds is 3. The molecular weight excluding hydrogens is 324 g/mol. The van der Waals surface area contributed by atoms with Gasteiger partial charge < -0.3 is 10.6 Å². The first-order valence-electron chi connectivity index (χ1n) is 7.77. The number of carbonyl (C=O) groups is 2. The summed E-state index contributed by atoms with van der Waals surface area (Å²) < 4.78 is 2.14. The molecule has 3 rings (SSSR count). The van der Waals surface area contributed by atoms with Gasteiger partial charge >= 0.3 is 5.69 Å². The lowest BCUT2D eigenvalue weighted by Gasteiger charge is -2.11. The number of fused-ring (bicyclic) bond motifs is 1. The zero-order valence-electron chi connectivity index (χ0n) is 14.1. The molecule has 1 aliphatic heterocycles. The van der Waals surface area contributed by atoms with Gasteiger partial charge in [0.1, 0.15) is 5.82 Å². The maximum Gasteiger partial charge on any atom is 0.332 e. The van der Waals surface area contributed by atoms with Gasteiger partial charge in [0.2, 0.25) is 11.8 Å². The van der Waals surface area contributed by atoms with Gasteiger partial charge in [-0.05, 0) is 19.1 Å². The number of amides is 2. The van der Waals surface area contributed by atoms with Gasteiger partial charge in [-0.15, -0.1) is 0 Å². The van der Waals surface area contributed by atoms with Crippen molar-refractivity contribution in [3.8, 4) is 0 Å². The van der Waals surface area contributed by atoms with Crippen LogP contribution in [0.3, 0.4) is 0 Å². The Morgan fingerprint density at radius 3 is 2.40 bits per heavy atom. The first-order valence-corrected chi connectivity index (χ1v) is 7.77. The van der Waals surface area contributed by atoms with Crippen molar-refractivity contribution in [1.82, 2.24) is 9.13 Å². The van der Waals surface area contributed by atoms with Crippen molar-refractivity contribution >= 4 is 23.3 Å². The lowest BCUT2D eigenvalue weighted by Crippen LogP contribution is -2.39. The van der Waals surface area contributed by atoms with Crippen LogP contribution < -0.4 is 21.9 Å². The summed E-state index contributed by atoms with van der Waals surface area (Å²) in [6, 6.07) is 7.24. The molecule has 1 aromatic carbocycles. The minimum absolute atomic E-state index is 0.147. The van der Waals surface area contributed by atoms with E-state index in [-0.39, 0.29) is 23.7 Å². The average molecular weight is 342 g/mol. The van der Waals surface area contributed by atoms with Crippen molar-refractivity contribution in [2.24, 2.45) is 14.1 Å². The number of nitrogens with one attached hydrogen (secondary N) is 2. The summed E-state index contributed by atoms with van der Waals surface area (Å²) in [7, 11) is 2.81. The normalized spacial score (nSPS) is 15.6. The average Bonchev–Trinajstić information content (AvgIpc) is 2.90. The number of carbonyl (C=O) groups excluding carboxylic acids is 2. The number of aromatic nitrogens is 2. The van der Waals surface area contributed by atoms with E-state index >= 15 is 0 Å². The van der Waals surface area contributed by atoms with E-state index in [4.69, 9.17) is 0 Å². The quantitative estimate of drug-likeness (QED) is 0.846. The molecule has 25 heavy (non-hydrogen) atoms. The van der Waals surface area contributed by atoms with Gasteiger partial charge in [0, 0.05) is 26.2 Å². The van der Waals surface area contributed by atoms with Crippen molar-refractivity contribution in [2.45, 2.75) is 19.3 Å². The summed E-state index contributed by atoms with van der Waals surface area (Å²) in [5.74, 6) is -1.61. The van der Waals surface area contributed by atoms with Crippen LogP contribution in [0.25, 0.3) is 0 Å². The van der Waals surface area contributed by atoms with Crippen molar-refractivity contribution < 1.29 is 9.59 Å². The fourth-order valence-corrected chi connectivity index (χ4v) is 2.90. The van der Waals surface area contributed by atoms with E-state index in [1.54, 1.807) is 12.1 Å². The standard InChI is InChI=1S/C17H18N4O4/c1-9-4-6-10(7-5-9)18-12(22)8-11-13-14(19-15(11)23)20(2)17(25)21(3)16(13)24/h4-7,11H,8H2,1-3H3,(H,18,22)(H,19,23)/t11-/m0/s1. The monoisotopic (exact) mass is 342 g/mol. The predicted molar refractivity (Wildman–Crippen MR) is 92.7 cm³/mol. The number of hydrogen-bond donors (Lipinski definition) is 2. The van der Waals surface area contributed by atoms with Gasteiger partial charge in [-0.3, -0.25) is 23.5 Å². The van der Waals surface area contributed by atoms with Gasteiger partial charge in [-0.1, -0.05) is 17.7 Å². The maximum atomic E-state index is 12.4. The van der Waals surface area contributed by atoms with E-state index < -0.39 is 23.1 Å². The van der Waals surface area contributed by atoms with Crippen molar-refractivity contribution in [2.75, 3.05) is 10.6 Å². The molecule has 0 saturated heterocycles. The van der Waals surface area contributed by atoms with Gasteiger partial charge in [0.05, 0.1) is 11.5 Å². The molecule has 8 heteroatoms. The highest BCUT2D eigenvalue weighted by molar-refractivity contribution is 6.05. The minimum atomic E-state index is -0.925. The second-order valence-electron chi connectivity index (χ2n) is 6.13. The molecule has 0 aliphatic carbocycles. The third-order valence-corrected chi connectivity index (χ3v) is 4.33. The van der Waals surface area contributed by atoms with Crippen LogP contribution in [0.15, 0.2) is 33.9 Å². The van der Waals surface area contributed by atoms with Gasteiger partial charge in [-0.2, -0.15) is 0 Å². The smallest absolute Gasteiger partial charge is 0.326 e. The van der Waals surface area contributed by atoms with Crippen LogP contribution in [0, 0.1) is 6.92 Å². The second kappa shape index (κ2) is 6.04. The first-order chi connectivity index (χ1) is 11.8. The van der Waals surface area contributed by atoms with E-state index in [0.717, 1.165) is 10.1 Å². The zero-order valence-corrected chi connectivity index (χ0v) is 14.1. The van der Waals surface area contributed by atoms with Crippen LogP contribution >= 0.6 is 0 Å². The van der Waals surface area contributed by atoms with Crippen LogP contribution in [-0.2, 0) is 23.7 Å². The highest BCUT2D eigenvalue weighted by Gasteiger charge is 2.37. The molecule has 1 aromatic heterocycles. The Morgan fingerprint density at radius 2 is 1.76 bits per heavy atom. The van der Waals surface area contributed by atoms with Crippen LogP contribution in [0.5, 0.6) is 0 Å². The molecule has 2 amide bonds. The summed E-state index contributed by atoms with van der Waals surface area (Å²) in [5, 5.41) is 5.24. The Morgan fingerprint density at radius 1 is 1.12 bits per heavy atom. The SMILES string of the molecule is Cc1ccc(NC(=O)C[C@@H]2C(=O)Nc3c2c(=O)n(C)c(=O)n3C)cc1. The molecule has 2 heterocycles. The Labute approximate surface area is 143 Å². The molecule has 2 aromatic rings. The first kappa shape index (κ1) is 16.7. The fourth-order valence-electron chi connectivity index (χ4n) is 2.90. The molecule has 0 spiro atoms. The molecule has 0 unspecified atom stereocenters. The van der Waals surface area contributed by atoms with Crippen LogP contribution in [-0.4, -0.2) is 20.9 Å². The number of hydrogen-bond acceptors (Lipinski definition) is 4. The summed E-state index contributed by atoms with van der Waals surface area (Å²) in [4.78, 5) is 48.9. The van der Waals surface area contributed by atoms with Crippen LogP contribution in [0.4, 0.5) is 11.5 Å². The van der Waals surface area contributed by atoms with Crippen molar-refractivity contribution in [3.05, 3.63) is 56.2 Å². The highest BCUT2D eigenvalue weighted by Crippen LogP contribution is 2.31. The highest BCUT2D eigenvalue weighted by atomic mass is 16.2. The summed E-state index contributed by atoms with van der Waals surface area (Å²) >= 11 is 0. The molecule has 0 radical (unpaired) electrons. The van der Waals surface area contributed by atoms with E-state index in [1.165, 1.54) is 18.7 Å². The maximum absolute atomic E-state index is 12.4. The van der Waals surface area contributed by atoms with Gasteiger partial charge in [0.25, 0.3) is 5.56 Å². The molecule has 0 fully saturated rings. The molecule has 0 saturated carbocycles. The number of benzene rings is 1. The summed E-state index contributed by atoms with van der Waals surface area (Å²) in [6.07, 6.45) is -0.180. The van der Waals surface area contributed by atoms with E-state index in [0.29, 0.717) is 5.69 Å². The van der Waals surface area contributed by atoms with E-state index in [9.17, 15) is 19.2 Å². The van der Waals surface area contributed by atoms with Crippen LogP contribution in [0.1, 0.15) is 23.5 Å². The zero-order chi connectivity index (χ0) is 18.3. The van der Waals surface area contributed by atoms with Crippen molar-refractivity contribution in [3.63, 3.8) is 0 Å². The second-order valence-corrected chi connectivity index (χ2v) is 6.13. The molecule has 130 valence electrons. The minimum Gasteiger partial charge on any atom is -0.326 e. The lowest BCUT2D eigenvalue weighted by atomic mass is 9.99. The Balaban J connectivity index is 1.89. The topological polar surface area (TPSA) is 102 Å². The Hall–Kier alpha value is -3.16. The van der Waals surface area contributed by atoms with E-state index in [1.807, 2.05) is 19.1 Å². The third-order valence-electron chi connectivity index (χ3n) is 4.33. The Kier molecular flexibility index (Phi) is 4.03. The molecule has 2 N–H and O–H groups in total. The van der Waals surface area contributed by atoms with E-state index in [2.05, 4.69) is 10.6 Å². The molecule has 1 atom stereocenters. The lowest BCUT2D eigenvalue weighted by molar-refractivity contribution is -0.122. The molecule has 8 nitrogen and oxygen atoms in total. The molecular formula is C17H18N4O4. The predicted octanol–water partition coefficient (Wildman–Crippen LogP) is 0.457. The summed E-state index contributed by atoms with van der Waals surface area (Å²) in [6.45, 7) is 1.94. The molecule has 0 bridgehead atoms.